The first-order chi connectivity index (χ1) is 12.6. The lowest BCUT2D eigenvalue weighted by atomic mass is 10.0. The molecule has 0 atom stereocenters. The molecule has 2 N–H and O–H groups in total. The highest BCUT2D eigenvalue weighted by molar-refractivity contribution is 7.89. The van der Waals surface area contributed by atoms with Gasteiger partial charge in [-0.15, -0.1) is 11.3 Å². The fourth-order valence-corrected chi connectivity index (χ4v) is 4.09. The number of hydrogen-bond acceptors (Lipinski definition) is 4. The Kier molecular flexibility index (Phi) is 5.02. The molecule has 3 aromatic rings. The van der Waals surface area contributed by atoms with Crippen molar-refractivity contribution in [2.75, 3.05) is 7.11 Å². The zero-order valence-corrected chi connectivity index (χ0v) is 15.6. The lowest BCUT2D eigenvalue weighted by Gasteiger charge is -2.06. The maximum Gasteiger partial charge on any atom is 0.425 e. The molecular weight excluding hydrogens is 399 g/mol. The average Bonchev–Trinajstić information content (AvgIpc) is 3.07. The zero-order chi connectivity index (χ0) is 19.8. The van der Waals surface area contributed by atoms with Crippen molar-refractivity contribution in [3.05, 3.63) is 59.5 Å². The lowest BCUT2D eigenvalue weighted by Crippen LogP contribution is -2.11. The summed E-state index contributed by atoms with van der Waals surface area (Å²) in [6.07, 6.45) is -4.48. The van der Waals surface area contributed by atoms with Crippen molar-refractivity contribution in [2.45, 2.75) is 11.1 Å². The summed E-state index contributed by atoms with van der Waals surface area (Å²) in [6, 6.07) is 13.2. The Morgan fingerprint density at radius 1 is 0.963 bits per heavy atom. The molecule has 0 aliphatic carbocycles. The molecule has 9 heteroatoms. The van der Waals surface area contributed by atoms with E-state index in [1.54, 1.807) is 24.3 Å². The molecule has 27 heavy (non-hydrogen) atoms. The second kappa shape index (κ2) is 6.99. The van der Waals surface area contributed by atoms with Gasteiger partial charge in [-0.05, 0) is 53.6 Å². The summed E-state index contributed by atoms with van der Waals surface area (Å²) in [7, 11) is -2.38. The molecule has 0 spiro atoms. The topological polar surface area (TPSA) is 69.4 Å². The number of methoxy groups -OCH3 is 1. The van der Waals surface area contributed by atoms with Crippen LogP contribution in [0.4, 0.5) is 13.2 Å². The van der Waals surface area contributed by atoms with E-state index >= 15 is 0 Å². The summed E-state index contributed by atoms with van der Waals surface area (Å²) in [5, 5.41) is 5.07. The standard InChI is InChI=1S/C18H14F3NO3S2/c1-25-13-6-2-12(3-7-13)17-15(10-16(26-17)18(19,20)21)11-4-8-14(9-5-11)27(22,23)24/h2-10H,1H3,(H2,22,23,24). The molecule has 0 aliphatic rings. The van der Waals surface area contributed by atoms with E-state index in [0.717, 1.165) is 6.07 Å². The highest BCUT2D eigenvalue weighted by Crippen LogP contribution is 2.45. The Morgan fingerprint density at radius 2 is 1.52 bits per heavy atom. The number of rotatable bonds is 4. The minimum absolute atomic E-state index is 0.108. The monoisotopic (exact) mass is 413 g/mol. The second-order valence-electron chi connectivity index (χ2n) is 5.65. The number of halogens is 3. The third-order valence-electron chi connectivity index (χ3n) is 3.86. The summed E-state index contributed by atoms with van der Waals surface area (Å²) in [6.45, 7) is 0. The van der Waals surface area contributed by atoms with Crippen LogP contribution in [0.2, 0.25) is 0 Å². The first kappa shape index (κ1) is 19.4. The minimum atomic E-state index is -4.48. The van der Waals surface area contributed by atoms with Crippen LogP contribution >= 0.6 is 11.3 Å². The molecule has 2 aromatic carbocycles. The maximum absolute atomic E-state index is 13.2. The number of thiophene rings is 1. The van der Waals surface area contributed by atoms with Crippen molar-refractivity contribution in [1.82, 2.24) is 0 Å². The molecule has 0 saturated heterocycles. The Morgan fingerprint density at radius 3 is 2.00 bits per heavy atom. The van der Waals surface area contributed by atoms with E-state index in [2.05, 4.69) is 0 Å². The summed E-state index contributed by atoms with van der Waals surface area (Å²) < 4.78 is 67.6. The molecule has 142 valence electrons. The largest absolute Gasteiger partial charge is 0.497 e. The first-order valence-corrected chi connectivity index (χ1v) is 9.94. The second-order valence-corrected chi connectivity index (χ2v) is 8.26. The van der Waals surface area contributed by atoms with Crippen molar-refractivity contribution >= 4 is 21.4 Å². The SMILES string of the molecule is COc1ccc(-c2sc(C(F)(F)F)cc2-c2ccc(S(N)(=O)=O)cc2)cc1. The van der Waals surface area contributed by atoms with Crippen molar-refractivity contribution in [1.29, 1.82) is 0 Å². The van der Waals surface area contributed by atoms with Gasteiger partial charge >= 0.3 is 6.18 Å². The molecule has 0 amide bonds. The van der Waals surface area contributed by atoms with Gasteiger partial charge in [-0.1, -0.05) is 12.1 Å². The van der Waals surface area contributed by atoms with Gasteiger partial charge in [0.25, 0.3) is 0 Å². The van der Waals surface area contributed by atoms with E-state index in [-0.39, 0.29) is 4.90 Å². The molecule has 0 saturated carbocycles. The van der Waals surface area contributed by atoms with E-state index in [1.807, 2.05) is 0 Å². The van der Waals surface area contributed by atoms with Gasteiger partial charge in [0.15, 0.2) is 0 Å². The van der Waals surface area contributed by atoms with Crippen LogP contribution in [-0.2, 0) is 16.2 Å². The molecular formula is C18H14F3NO3S2. The van der Waals surface area contributed by atoms with E-state index in [4.69, 9.17) is 9.88 Å². The highest BCUT2D eigenvalue weighted by atomic mass is 32.2. The predicted molar refractivity (Wildman–Crippen MR) is 98.1 cm³/mol. The number of alkyl halides is 3. The molecule has 4 nitrogen and oxygen atoms in total. The fraction of sp³-hybridized carbons (Fsp3) is 0.111. The van der Waals surface area contributed by atoms with Gasteiger partial charge in [-0.3, -0.25) is 0 Å². The number of benzene rings is 2. The molecule has 0 unspecified atom stereocenters. The predicted octanol–water partition coefficient (Wildman–Crippen LogP) is 4.76. The molecule has 0 fully saturated rings. The normalized spacial score (nSPS) is 12.2. The quantitative estimate of drug-likeness (QED) is 0.671. The Labute approximate surface area is 158 Å². The minimum Gasteiger partial charge on any atom is -0.497 e. The number of nitrogens with two attached hydrogens (primary N) is 1. The number of ether oxygens (including phenoxy) is 1. The third kappa shape index (κ3) is 4.15. The summed E-state index contributed by atoms with van der Waals surface area (Å²) in [5.41, 5.74) is 1.42. The number of hydrogen-bond donors (Lipinski definition) is 1. The van der Waals surface area contributed by atoms with Crippen molar-refractivity contribution in [2.24, 2.45) is 5.14 Å². The smallest absolute Gasteiger partial charge is 0.425 e. The van der Waals surface area contributed by atoms with Gasteiger partial charge in [0, 0.05) is 10.4 Å². The van der Waals surface area contributed by atoms with Crippen molar-refractivity contribution in [3.8, 4) is 27.3 Å². The van der Waals surface area contributed by atoms with Crippen LogP contribution in [-0.4, -0.2) is 15.5 Å². The van der Waals surface area contributed by atoms with Crippen LogP contribution in [0.15, 0.2) is 59.5 Å². The molecule has 0 bridgehead atoms. The van der Waals surface area contributed by atoms with Crippen LogP contribution in [0, 0.1) is 0 Å². The van der Waals surface area contributed by atoms with E-state index in [9.17, 15) is 21.6 Å². The average molecular weight is 413 g/mol. The summed E-state index contributed by atoms with van der Waals surface area (Å²) >= 11 is 0.629. The highest BCUT2D eigenvalue weighted by Gasteiger charge is 2.34. The summed E-state index contributed by atoms with van der Waals surface area (Å²) in [5.74, 6) is 0.588. The van der Waals surface area contributed by atoms with Crippen LogP contribution in [0.5, 0.6) is 5.75 Å². The molecule has 0 radical (unpaired) electrons. The third-order valence-corrected chi connectivity index (χ3v) is 6.02. The van der Waals surface area contributed by atoms with Gasteiger partial charge in [0.2, 0.25) is 10.0 Å². The molecule has 1 heterocycles. The zero-order valence-electron chi connectivity index (χ0n) is 13.9. The number of sulfonamides is 1. The van der Waals surface area contributed by atoms with E-state index in [1.165, 1.54) is 31.4 Å². The summed E-state index contributed by atoms with van der Waals surface area (Å²) in [4.78, 5) is -0.421. The van der Waals surface area contributed by atoms with Gasteiger partial charge in [0.05, 0.1) is 12.0 Å². The lowest BCUT2D eigenvalue weighted by molar-refractivity contribution is -0.134. The van der Waals surface area contributed by atoms with Gasteiger partial charge < -0.3 is 4.74 Å². The van der Waals surface area contributed by atoms with Crippen molar-refractivity contribution in [3.63, 3.8) is 0 Å². The molecule has 1 aromatic heterocycles. The number of primary sulfonamides is 1. The Balaban J connectivity index is 2.14. The van der Waals surface area contributed by atoms with Gasteiger partial charge in [-0.25, -0.2) is 13.6 Å². The Bertz CT molecular complexity index is 1050. The first-order valence-electron chi connectivity index (χ1n) is 7.58. The van der Waals surface area contributed by atoms with Crippen LogP contribution in [0.3, 0.4) is 0 Å². The van der Waals surface area contributed by atoms with Crippen LogP contribution < -0.4 is 9.88 Å². The molecule has 0 aliphatic heterocycles. The van der Waals surface area contributed by atoms with E-state index < -0.39 is 21.1 Å². The van der Waals surface area contributed by atoms with Crippen LogP contribution in [0.1, 0.15) is 4.88 Å². The maximum atomic E-state index is 13.2. The van der Waals surface area contributed by atoms with Gasteiger partial charge in [-0.2, -0.15) is 13.2 Å². The van der Waals surface area contributed by atoms with Crippen LogP contribution in [0.25, 0.3) is 21.6 Å². The Hall–Kier alpha value is -2.36. The molecule has 3 rings (SSSR count). The van der Waals surface area contributed by atoms with Crippen molar-refractivity contribution < 1.29 is 26.3 Å². The fourth-order valence-electron chi connectivity index (χ4n) is 2.53. The van der Waals surface area contributed by atoms with E-state index in [0.29, 0.717) is 38.7 Å². The van der Waals surface area contributed by atoms with Gasteiger partial charge in [0.1, 0.15) is 10.6 Å².